The lowest BCUT2D eigenvalue weighted by molar-refractivity contribution is -0.118. The summed E-state index contributed by atoms with van der Waals surface area (Å²) >= 11 is 0. The number of sulfonamides is 1. The van der Waals surface area contributed by atoms with E-state index in [-0.39, 0.29) is 22.8 Å². The smallest absolute Gasteiger partial charge is 0.419 e. The van der Waals surface area contributed by atoms with Crippen LogP contribution in [0, 0.1) is 12.8 Å². The third-order valence-corrected chi connectivity index (χ3v) is 6.48. The number of carbonyl (C=O) groups is 1. The van der Waals surface area contributed by atoms with E-state index in [0.717, 1.165) is 5.56 Å². The van der Waals surface area contributed by atoms with Crippen LogP contribution in [0.15, 0.2) is 50.5 Å². The van der Waals surface area contributed by atoms with E-state index in [0.29, 0.717) is 17.0 Å². The molecule has 0 aliphatic heterocycles. The minimum Gasteiger partial charge on any atom is -0.495 e. The van der Waals surface area contributed by atoms with E-state index >= 15 is 0 Å². The minimum atomic E-state index is -4.07. The maximum atomic E-state index is 13.1. The number of nitrogens with one attached hydrogen (secondary N) is 2. The molecule has 3 rings (SSSR count). The van der Waals surface area contributed by atoms with Crippen LogP contribution in [0.5, 0.6) is 5.75 Å². The van der Waals surface area contributed by atoms with Gasteiger partial charge in [-0.15, -0.1) is 0 Å². The molecule has 2 aromatic carbocycles. The number of oxazole rings is 1. The Hall–Kier alpha value is -3.11. The summed E-state index contributed by atoms with van der Waals surface area (Å²) in [5.74, 6) is -0.577. The van der Waals surface area contributed by atoms with Gasteiger partial charge in [0.1, 0.15) is 11.8 Å². The van der Waals surface area contributed by atoms with Crippen LogP contribution in [-0.2, 0) is 21.9 Å². The molecular weight excluding hydrogens is 434 g/mol. The lowest BCUT2D eigenvalue weighted by Gasteiger charge is -2.21. The normalized spacial score (nSPS) is 12.8. The van der Waals surface area contributed by atoms with Crippen molar-refractivity contribution in [2.24, 2.45) is 13.0 Å². The average Bonchev–Trinajstić information content (AvgIpc) is 3.00. The molecule has 0 fully saturated rings. The van der Waals surface area contributed by atoms with Gasteiger partial charge < -0.3 is 14.5 Å². The number of rotatable bonds is 8. The Morgan fingerprint density at radius 3 is 2.56 bits per heavy atom. The second-order valence-electron chi connectivity index (χ2n) is 8.05. The summed E-state index contributed by atoms with van der Waals surface area (Å²) in [6, 6.07) is 8.44. The first-order valence-corrected chi connectivity index (χ1v) is 11.6. The first-order valence-electron chi connectivity index (χ1n) is 10.1. The van der Waals surface area contributed by atoms with Crippen molar-refractivity contribution in [2.45, 2.75) is 38.1 Å². The molecule has 9 nitrogen and oxygen atoms in total. The third kappa shape index (κ3) is 5.03. The molecule has 2 N–H and O–H groups in total. The molecule has 0 bridgehead atoms. The molecule has 1 heterocycles. The summed E-state index contributed by atoms with van der Waals surface area (Å²) in [6.07, 6.45) is 0.280. The van der Waals surface area contributed by atoms with Crippen molar-refractivity contribution in [3.8, 4) is 5.75 Å². The zero-order valence-corrected chi connectivity index (χ0v) is 19.4. The largest absolute Gasteiger partial charge is 0.495 e. The molecule has 1 amide bonds. The Balaban J connectivity index is 1.90. The van der Waals surface area contributed by atoms with Crippen molar-refractivity contribution >= 4 is 32.7 Å². The van der Waals surface area contributed by atoms with Crippen molar-refractivity contribution in [3.63, 3.8) is 0 Å². The number of aryl methyl sites for hydroxylation is 2. The molecule has 0 aliphatic rings. The quantitative estimate of drug-likeness (QED) is 0.532. The van der Waals surface area contributed by atoms with Gasteiger partial charge in [0.25, 0.3) is 0 Å². The van der Waals surface area contributed by atoms with Crippen LogP contribution in [-0.4, -0.2) is 32.0 Å². The van der Waals surface area contributed by atoms with E-state index in [1.165, 1.54) is 36.9 Å². The maximum absolute atomic E-state index is 13.1. The van der Waals surface area contributed by atoms with Crippen LogP contribution in [0.4, 0.5) is 5.69 Å². The topological polar surface area (TPSA) is 120 Å². The molecule has 32 heavy (non-hydrogen) atoms. The summed E-state index contributed by atoms with van der Waals surface area (Å²) in [5, 5.41) is 2.77. The Bertz CT molecular complexity index is 1310. The summed E-state index contributed by atoms with van der Waals surface area (Å²) in [5.41, 5.74) is 1.99. The molecule has 0 saturated carbocycles. The van der Waals surface area contributed by atoms with Gasteiger partial charge in [-0.3, -0.25) is 9.36 Å². The van der Waals surface area contributed by atoms with Crippen molar-refractivity contribution in [2.75, 3.05) is 12.4 Å². The molecule has 172 valence electrons. The van der Waals surface area contributed by atoms with Gasteiger partial charge in [-0.2, -0.15) is 4.72 Å². The van der Waals surface area contributed by atoms with E-state index in [2.05, 4.69) is 10.0 Å². The highest BCUT2D eigenvalue weighted by Gasteiger charge is 2.28. The third-order valence-electron chi connectivity index (χ3n) is 5.01. The number of ether oxygens (including phenoxy) is 1. The SMILES string of the molecule is COc1ccc(C)cc1NC(=O)[C@@H](CC(C)C)NS(=O)(=O)c1ccc2c(c1)oc(=O)n2C. The van der Waals surface area contributed by atoms with E-state index in [1.807, 2.05) is 26.8 Å². The second kappa shape index (κ2) is 9.17. The van der Waals surface area contributed by atoms with Crippen molar-refractivity contribution in [1.29, 1.82) is 0 Å². The van der Waals surface area contributed by atoms with E-state index in [1.54, 1.807) is 12.1 Å². The summed E-state index contributed by atoms with van der Waals surface area (Å²) < 4.78 is 40.3. The molecular formula is C22H27N3O6S. The first-order chi connectivity index (χ1) is 15.0. The Morgan fingerprint density at radius 2 is 1.91 bits per heavy atom. The maximum Gasteiger partial charge on any atom is 0.419 e. The van der Waals surface area contributed by atoms with Crippen LogP contribution >= 0.6 is 0 Å². The predicted molar refractivity (Wildman–Crippen MR) is 121 cm³/mol. The van der Waals surface area contributed by atoms with Crippen molar-refractivity contribution < 1.29 is 22.4 Å². The monoisotopic (exact) mass is 461 g/mol. The number of anilines is 1. The van der Waals surface area contributed by atoms with Crippen molar-refractivity contribution in [1.82, 2.24) is 9.29 Å². The number of fused-ring (bicyclic) bond motifs is 1. The van der Waals surface area contributed by atoms with E-state index in [9.17, 15) is 18.0 Å². The zero-order chi connectivity index (χ0) is 23.6. The summed E-state index contributed by atoms with van der Waals surface area (Å²) in [7, 11) is -1.05. The molecule has 1 atom stereocenters. The average molecular weight is 462 g/mol. The van der Waals surface area contributed by atoms with Gasteiger partial charge in [-0.25, -0.2) is 13.2 Å². The highest BCUT2D eigenvalue weighted by Crippen LogP contribution is 2.26. The van der Waals surface area contributed by atoms with E-state index < -0.39 is 27.7 Å². The summed E-state index contributed by atoms with van der Waals surface area (Å²) in [4.78, 5) is 24.6. The Labute approximate surface area is 186 Å². The van der Waals surface area contributed by atoms with Gasteiger partial charge in [0.2, 0.25) is 15.9 Å². The molecule has 0 unspecified atom stereocenters. The second-order valence-corrected chi connectivity index (χ2v) is 9.77. The molecule has 3 aromatic rings. The fourth-order valence-corrected chi connectivity index (χ4v) is 4.58. The Kier molecular flexibility index (Phi) is 6.75. The highest BCUT2D eigenvalue weighted by atomic mass is 32.2. The van der Waals surface area contributed by atoms with Gasteiger partial charge in [0.05, 0.1) is 23.2 Å². The predicted octanol–water partition coefficient (Wildman–Crippen LogP) is 2.78. The highest BCUT2D eigenvalue weighted by molar-refractivity contribution is 7.89. The lowest BCUT2D eigenvalue weighted by Crippen LogP contribution is -2.44. The number of amides is 1. The number of benzene rings is 2. The fourth-order valence-electron chi connectivity index (χ4n) is 3.36. The standard InChI is InChI=1S/C22H27N3O6S/c1-13(2)10-17(21(26)23-16-11-14(3)6-9-19(16)30-5)24-32(28,29)15-7-8-18-20(12-15)31-22(27)25(18)4/h6-9,11-13,17,24H,10H2,1-5H3,(H,23,26)/t17-/m1/s1. The van der Waals surface area contributed by atoms with Gasteiger partial charge >= 0.3 is 5.76 Å². The zero-order valence-electron chi connectivity index (χ0n) is 18.6. The van der Waals surface area contributed by atoms with Crippen LogP contribution < -0.4 is 20.5 Å². The number of hydrogen-bond donors (Lipinski definition) is 2. The van der Waals surface area contributed by atoms with Crippen LogP contribution in [0.1, 0.15) is 25.8 Å². The van der Waals surface area contributed by atoms with Gasteiger partial charge in [-0.1, -0.05) is 19.9 Å². The number of nitrogens with zero attached hydrogens (tertiary/aromatic N) is 1. The minimum absolute atomic E-state index is 0.0440. The van der Waals surface area contributed by atoms with Gasteiger partial charge in [-0.05, 0) is 49.1 Å². The van der Waals surface area contributed by atoms with E-state index in [4.69, 9.17) is 9.15 Å². The molecule has 0 radical (unpaired) electrons. The van der Waals surface area contributed by atoms with Gasteiger partial charge in [0, 0.05) is 13.1 Å². The molecule has 0 saturated heterocycles. The van der Waals surface area contributed by atoms with Crippen LogP contribution in [0.2, 0.25) is 0 Å². The van der Waals surface area contributed by atoms with Crippen LogP contribution in [0.3, 0.4) is 0 Å². The molecule has 0 spiro atoms. The Morgan fingerprint density at radius 1 is 1.19 bits per heavy atom. The summed E-state index contributed by atoms with van der Waals surface area (Å²) in [6.45, 7) is 5.67. The number of hydrogen-bond acceptors (Lipinski definition) is 6. The molecule has 0 aliphatic carbocycles. The first kappa shape index (κ1) is 23.6. The lowest BCUT2D eigenvalue weighted by atomic mass is 10.0. The number of methoxy groups -OCH3 is 1. The fraction of sp³-hybridized carbons (Fsp3) is 0.364. The van der Waals surface area contributed by atoms with Crippen LogP contribution in [0.25, 0.3) is 11.1 Å². The van der Waals surface area contributed by atoms with Crippen molar-refractivity contribution in [3.05, 3.63) is 52.5 Å². The molecule has 10 heteroatoms. The van der Waals surface area contributed by atoms with Gasteiger partial charge in [0.15, 0.2) is 5.58 Å². The number of carbonyl (C=O) groups excluding carboxylic acids is 1. The number of aromatic nitrogens is 1. The molecule has 1 aromatic heterocycles.